The molecule has 6 rings (SSSR count). The first-order valence-corrected chi connectivity index (χ1v) is 7.14. The van der Waals surface area contributed by atoms with Crippen molar-refractivity contribution < 1.29 is 4.74 Å². The van der Waals surface area contributed by atoms with Crippen LogP contribution in [0.2, 0.25) is 0 Å². The highest BCUT2D eigenvalue weighted by Crippen LogP contribution is 2.60. The third kappa shape index (κ3) is 1.10. The van der Waals surface area contributed by atoms with Crippen LogP contribution in [0.1, 0.15) is 11.1 Å². The lowest BCUT2D eigenvalue weighted by Crippen LogP contribution is -2.40. The molecule has 2 aliphatic carbocycles. The Bertz CT molecular complexity index is 946. The van der Waals surface area contributed by atoms with Gasteiger partial charge in [0.2, 0.25) is 0 Å². The summed E-state index contributed by atoms with van der Waals surface area (Å²) in [4.78, 5) is 9.15. The van der Waals surface area contributed by atoms with Gasteiger partial charge in [0.05, 0.1) is 0 Å². The normalized spacial score (nSPS) is 27.4. The highest BCUT2D eigenvalue weighted by atomic mass is 35.5. The van der Waals surface area contributed by atoms with E-state index in [4.69, 9.17) is 4.74 Å². The topological polar surface area (TPSA) is 34.0 Å². The molecule has 1 spiro atoms. The molecule has 0 radical (unpaired) electrons. The van der Waals surface area contributed by atoms with Gasteiger partial charge in [0.15, 0.2) is 0 Å². The number of benzene rings is 1. The number of allylic oxidation sites excluding steroid dienone is 3. The predicted octanol–water partition coefficient (Wildman–Crippen LogP) is 3.43. The van der Waals surface area contributed by atoms with Gasteiger partial charge in [0.1, 0.15) is 22.6 Å². The number of halogens is 1. The zero-order valence-electron chi connectivity index (χ0n) is 11.5. The summed E-state index contributed by atoms with van der Waals surface area (Å²) in [6, 6.07) is 6.31. The van der Waals surface area contributed by atoms with Crippen molar-refractivity contribution in [2.75, 3.05) is 0 Å². The van der Waals surface area contributed by atoms with E-state index in [1.54, 1.807) is 0 Å². The largest absolute Gasteiger partial charge is 0.457 e. The fourth-order valence-electron chi connectivity index (χ4n) is 4.16. The monoisotopic (exact) mass is 306 g/mol. The molecule has 2 bridgehead atoms. The standard InChI is InChI=1S/C18H10N2O.ClH/c1-2-10-9-13-12-8-11-4-6-20-16(11)17-18(12,5-7-19-13)15(10)14(3-1)21-17;/h1-8H,9H2;1H. The van der Waals surface area contributed by atoms with E-state index in [1.807, 2.05) is 18.5 Å². The number of rotatable bonds is 0. The third-order valence-corrected chi connectivity index (χ3v) is 4.97. The average molecular weight is 307 g/mol. The predicted molar refractivity (Wildman–Crippen MR) is 88.0 cm³/mol. The molecule has 5 aliphatic rings. The number of aliphatic imine (C=N–C) groups is 2. The van der Waals surface area contributed by atoms with Crippen LogP contribution in [-0.4, -0.2) is 11.9 Å². The van der Waals surface area contributed by atoms with E-state index in [1.165, 1.54) is 16.7 Å². The number of fused-ring (bicyclic) bond motifs is 1. The van der Waals surface area contributed by atoms with Crippen LogP contribution < -0.4 is 4.74 Å². The minimum Gasteiger partial charge on any atom is -0.457 e. The van der Waals surface area contributed by atoms with Crippen LogP contribution in [0.25, 0.3) is 0 Å². The molecule has 0 saturated carbocycles. The fourth-order valence-corrected chi connectivity index (χ4v) is 4.16. The summed E-state index contributed by atoms with van der Waals surface area (Å²) in [5.74, 6) is 1.92. The second-order valence-electron chi connectivity index (χ2n) is 5.90. The van der Waals surface area contributed by atoms with Crippen molar-refractivity contribution in [3.8, 4) is 5.75 Å². The minimum atomic E-state index is -0.296. The quantitative estimate of drug-likeness (QED) is 0.723. The molecule has 0 amide bonds. The average Bonchev–Trinajstić information content (AvgIpc) is 3.06. The van der Waals surface area contributed by atoms with E-state index < -0.39 is 0 Å². The van der Waals surface area contributed by atoms with Gasteiger partial charge in [0, 0.05) is 35.7 Å². The van der Waals surface area contributed by atoms with Crippen LogP contribution >= 0.6 is 12.4 Å². The summed E-state index contributed by atoms with van der Waals surface area (Å²) in [7, 11) is 0. The first-order valence-electron chi connectivity index (χ1n) is 7.14. The molecule has 4 heteroatoms. The van der Waals surface area contributed by atoms with Crippen molar-refractivity contribution in [3.63, 3.8) is 0 Å². The van der Waals surface area contributed by atoms with Crippen LogP contribution in [0.4, 0.5) is 0 Å². The van der Waals surface area contributed by atoms with Crippen molar-refractivity contribution in [2.45, 2.75) is 11.8 Å². The fraction of sp³-hybridized carbons (Fsp3) is 0.111. The van der Waals surface area contributed by atoms with Crippen LogP contribution in [0, 0.1) is 0 Å². The summed E-state index contributed by atoms with van der Waals surface area (Å²) in [5.41, 5.74) is 6.82. The van der Waals surface area contributed by atoms with Crippen molar-refractivity contribution in [2.24, 2.45) is 9.98 Å². The van der Waals surface area contributed by atoms with Gasteiger partial charge in [-0.2, -0.15) is 0 Å². The van der Waals surface area contributed by atoms with Crippen LogP contribution in [0.15, 0.2) is 75.2 Å². The maximum atomic E-state index is 6.27. The number of hydrogen-bond acceptors (Lipinski definition) is 3. The lowest BCUT2D eigenvalue weighted by Gasteiger charge is -2.39. The molecule has 1 atom stereocenters. The summed E-state index contributed by atoms with van der Waals surface area (Å²) < 4.78 is 6.27. The van der Waals surface area contributed by atoms with Gasteiger partial charge in [-0.15, -0.1) is 12.4 Å². The minimum absolute atomic E-state index is 0. The van der Waals surface area contributed by atoms with Gasteiger partial charge in [0.25, 0.3) is 0 Å². The van der Waals surface area contributed by atoms with Gasteiger partial charge >= 0.3 is 0 Å². The molecule has 1 unspecified atom stereocenters. The molecule has 3 heterocycles. The molecule has 3 aliphatic heterocycles. The number of nitrogens with zero attached hydrogens (tertiary/aromatic N) is 2. The van der Waals surface area contributed by atoms with E-state index in [2.05, 4.69) is 40.3 Å². The molecule has 0 fully saturated rings. The molecule has 1 aromatic rings. The van der Waals surface area contributed by atoms with Crippen LogP contribution in [0.3, 0.4) is 0 Å². The van der Waals surface area contributed by atoms with Crippen molar-refractivity contribution in [1.82, 2.24) is 0 Å². The van der Waals surface area contributed by atoms with Crippen LogP contribution in [0.5, 0.6) is 5.75 Å². The van der Waals surface area contributed by atoms with Gasteiger partial charge in [-0.05, 0) is 35.4 Å². The lowest BCUT2D eigenvalue weighted by molar-refractivity contribution is 0.407. The van der Waals surface area contributed by atoms with E-state index in [-0.39, 0.29) is 17.8 Å². The SMILES string of the molecule is C1=CC23C4=CC5=CC=NC5=C2Oc2cccc(c23)CC4=N1.Cl. The Morgan fingerprint density at radius 1 is 1.23 bits per heavy atom. The van der Waals surface area contributed by atoms with Gasteiger partial charge in [-0.1, -0.05) is 12.1 Å². The zero-order chi connectivity index (χ0) is 13.6. The first kappa shape index (κ1) is 12.2. The second-order valence-corrected chi connectivity index (χ2v) is 5.90. The van der Waals surface area contributed by atoms with E-state index in [0.717, 1.165) is 34.9 Å². The Morgan fingerprint density at radius 3 is 3.14 bits per heavy atom. The number of ether oxygens (including phenoxy) is 1. The van der Waals surface area contributed by atoms with Crippen molar-refractivity contribution in [1.29, 1.82) is 0 Å². The molecular weight excluding hydrogens is 296 g/mol. The first-order chi connectivity index (χ1) is 10.4. The summed E-state index contributed by atoms with van der Waals surface area (Å²) in [6.07, 6.45) is 11.1. The maximum Gasteiger partial charge on any atom is 0.149 e. The number of hydrogen-bond donors (Lipinski definition) is 0. The Kier molecular flexibility index (Phi) is 2.04. The smallest absolute Gasteiger partial charge is 0.149 e. The van der Waals surface area contributed by atoms with Crippen molar-refractivity contribution in [3.05, 3.63) is 76.4 Å². The van der Waals surface area contributed by atoms with Gasteiger partial charge in [-0.3, -0.25) is 9.98 Å². The van der Waals surface area contributed by atoms with Crippen LogP contribution in [-0.2, 0) is 11.8 Å². The van der Waals surface area contributed by atoms with Gasteiger partial charge in [-0.25, -0.2) is 0 Å². The lowest BCUT2D eigenvalue weighted by atomic mass is 9.62. The van der Waals surface area contributed by atoms with Crippen molar-refractivity contribution >= 4 is 24.3 Å². The summed E-state index contributed by atoms with van der Waals surface area (Å²) in [6.45, 7) is 0. The second kappa shape index (κ2) is 3.68. The van der Waals surface area contributed by atoms with E-state index in [0.29, 0.717) is 0 Å². The molecule has 0 saturated heterocycles. The zero-order valence-corrected chi connectivity index (χ0v) is 12.4. The molecule has 0 aromatic heterocycles. The maximum absolute atomic E-state index is 6.27. The highest BCUT2D eigenvalue weighted by molar-refractivity contribution is 6.10. The van der Waals surface area contributed by atoms with E-state index >= 15 is 0 Å². The Hall–Kier alpha value is -2.39. The molecule has 3 nitrogen and oxygen atoms in total. The Labute approximate surface area is 133 Å². The molecule has 106 valence electrons. The molecular formula is C18H11ClN2O. The third-order valence-electron chi connectivity index (χ3n) is 4.97. The molecule has 0 N–H and O–H groups in total. The highest BCUT2D eigenvalue weighted by Gasteiger charge is 2.56. The Balaban J connectivity index is 0.00000113. The summed E-state index contributed by atoms with van der Waals surface area (Å²) in [5, 5.41) is 0. The Morgan fingerprint density at radius 2 is 2.18 bits per heavy atom. The summed E-state index contributed by atoms with van der Waals surface area (Å²) >= 11 is 0. The van der Waals surface area contributed by atoms with Gasteiger partial charge < -0.3 is 4.74 Å². The molecule has 1 aromatic carbocycles. The van der Waals surface area contributed by atoms with E-state index in [9.17, 15) is 0 Å². The molecule has 22 heavy (non-hydrogen) atoms.